The average Bonchev–Trinajstić information content (AvgIpc) is 2.35. The fourth-order valence-corrected chi connectivity index (χ4v) is 1.97. The highest BCUT2D eigenvalue weighted by atomic mass is 16.2. The van der Waals surface area contributed by atoms with E-state index < -0.39 is 0 Å². The summed E-state index contributed by atoms with van der Waals surface area (Å²) in [7, 11) is 0. The first-order valence-corrected chi connectivity index (χ1v) is 7.35. The summed E-state index contributed by atoms with van der Waals surface area (Å²) in [6, 6.07) is 0. The third-order valence-electron chi connectivity index (χ3n) is 3.05. The van der Waals surface area contributed by atoms with Gasteiger partial charge in [0.15, 0.2) is 0 Å². The molecule has 0 heterocycles. The molecule has 0 atom stereocenters. The van der Waals surface area contributed by atoms with Crippen molar-refractivity contribution in [1.29, 1.82) is 0 Å². The molecule has 0 aromatic heterocycles. The molecule has 0 saturated heterocycles. The smallest absolute Gasteiger partial charge is 0.142 e. The zero-order chi connectivity index (χ0) is 12.6. The van der Waals surface area contributed by atoms with E-state index in [9.17, 15) is 5.11 Å². The van der Waals surface area contributed by atoms with Gasteiger partial charge in [0.25, 0.3) is 0 Å². The fraction of sp³-hybridized carbons (Fsp3) is 0.750. The summed E-state index contributed by atoms with van der Waals surface area (Å²) in [5.41, 5.74) is 0. The van der Waals surface area contributed by atoms with Crippen LogP contribution in [0.5, 0.6) is 0 Å². The third-order valence-corrected chi connectivity index (χ3v) is 3.05. The quantitative estimate of drug-likeness (QED) is 0.232. The molecule has 0 aromatic rings. The van der Waals surface area contributed by atoms with Crippen molar-refractivity contribution in [3.8, 4) is 0 Å². The standard InChI is InChI=1S/C16H29O/c1-2-3-4-5-6-7-8-9-10-11-12-13-14-15-16-17/h13-16H,2-12H2,1H3/b14-13+,16-15+. The highest BCUT2D eigenvalue weighted by Crippen LogP contribution is 2.11. The monoisotopic (exact) mass is 237 g/mol. The first kappa shape index (κ1) is 16.3. The molecule has 17 heavy (non-hydrogen) atoms. The number of rotatable bonds is 12. The van der Waals surface area contributed by atoms with Crippen molar-refractivity contribution < 1.29 is 5.11 Å². The van der Waals surface area contributed by atoms with Crippen LogP contribution in [0.2, 0.25) is 0 Å². The van der Waals surface area contributed by atoms with Gasteiger partial charge in [0.05, 0.1) is 0 Å². The van der Waals surface area contributed by atoms with Crippen LogP contribution in [0.3, 0.4) is 0 Å². The van der Waals surface area contributed by atoms with Crippen LogP contribution in [-0.2, 0) is 5.11 Å². The lowest BCUT2D eigenvalue weighted by molar-refractivity contribution is 0.352. The van der Waals surface area contributed by atoms with Crippen LogP contribution in [0.15, 0.2) is 24.5 Å². The minimum atomic E-state index is 0.828. The molecule has 0 spiro atoms. The lowest BCUT2D eigenvalue weighted by Crippen LogP contribution is -1.81. The second kappa shape index (κ2) is 15.3. The lowest BCUT2D eigenvalue weighted by atomic mass is 10.1. The maximum atomic E-state index is 10.00. The summed E-state index contributed by atoms with van der Waals surface area (Å²) in [6.45, 7) is 2.27. The summed E-state index contributed by atoms with van der Waals surface area (Å²) >= 11 is 0. The normalized spacial score (nSPS) is 11.8. The average molecular weight is 237 g/mol. The Bertz CT molecular complexity index is 182. The zero-order valence-corrected chi connectivity index (χ0v) is 11.5. The Kier molecular flexibility index (Phi) is 14.6. The summed E-state index contributed by atoms with van der Waals surface area (Å²) in [5, 5.41) is 10.00. The molecule has 0 aliphatic carbocycles. The number of hydrogen-bond acceptors (Lipinski definition) is 0. The van der Waals surface area contributed by atoms with Crippen LogP contribution in [0.1, 0.15) is 77.6 Å². The Morgan fingerprint density at radius 1 is 0.706 bits per heavy atom. The van der Waals surface area contributed by atoms with E-state index in [1.165, 1.54) is 64.2 Å². The van der Waals surface area contributed by atoms with Crippen molar-refractivity contribution >= 4 is 0 Å². The molecule has 1 radical (unpaired) electrons. The lowest BCUT2D eigenvalue weighted by Gasteiger charge is -2.01. The molecule has 0 saturated carbocycles. The van der Waals surface area contributed by atoms with Gasteiger partial charge >= 0.3 is 0 Å². The predicted octanol–water partition coefficient (Wildman–Crippen LogP) is 5.80. The van der Waals surface area contributed by atoms with Crippen LogP contribution in [0, 0.1) is 0 Å². The Morgan fingerprint density at radius 2 is 1.24 bits per heavy atom. The van der Waals surface area contributed by atoms with Gasteiger partial charge < -0.3 is 0 Å². The summed E-state index contributed by atoms with van der Waals surface area (Å²) in [5.74, 6) is 0. The maximum absolute atomic E-state index is 10.00. The molecule has 0 unspecified atom stereocenters. The van der Waals surface area contributed by atoms with Crippen LogP contribution in [0.4, 0.5) is 0 Å². The Morgan fingerprint density at radius 3 is 1.76 bits per heavy atom. The summed E-state index contributed by atoms with van der Waals surface area (Å²) in [4.78, 5) is 0. The van der Waals surface area contributed by atoms with Crippen molar-refractivity contribution in [2.45, 2.75) is 77.6 Å². The van der Waals surface area contributed by atoms with Crippen LogP contribution in [-0.4, -0.2) is 0 Å². The number of unbranched alkanes of at least 4 members (excludes halogenated alkanes) is 10. The molecule has 1 nitrogen and oxygen atoms in total. The Labute approximate surface area is 108 Å². The van der Waals surface area contributed by atoms with E-state index in [1.807, 2.05) is 6.08 Å². The van der Waals surface area contributed by atoms with Gasteiger partial charge in [-0.05, 0) is 18.9 Å². The van der Waals surface area contributed by atoms with Gasteiger partial charge in [0, 0.05) is 0 Å². The van der Waals surface area contributed by atoms with Crippen LogP contribution < -0.4 is 0 Å². The Hall–Kier alpha value is -0.720. The molecular weight excluding hydrogens is 208 g/mol. The van der Waals surface area contributed by atoms with Gasteiger partial charge in [-0.3, -0.25) is 5.11 Å². The van der Waals surface area contributed by atoms with Gasteiger partial charge in [0.1, 0.15) is 6.26 Å². The zero-order valence-electron chi connectivity index (χ0n) is 11.5. The van der Waals surface area contributed by atoms with E-state index in [0.29, 0.717) is 0 Å². The molecule has 0 fully saturated rings. The predicted molar refractivity (Wildman–Crippen MR) is 75.4 cm³/mol. The summed E-state index contributed by atoms with van der Waals surface area (Å²) in [6.07, 6.45) is 21.2. The van der Waals surface area contributed by atoms with Crippen LogP contribution in [0.25, 0.3) is 0 Å². The molecule has 0 aliphatic rings. The van der Waals surface area contributed by atoms with Gasteiger partial charge in [-0.2, -0.15) is 0 Å². The van der Waals surface area contributed by atoms with Crippen molar-refractivity contribution in [1.82, 2.24) is 0 Å². The molecule has 0 N–H and O–H groups in total. The summed E-state index contributed by atoms with van der Waals surface area (Å²) < 4.78 is 0. The number of allylic oxidation sites excluding steroid dienone is 3. The first-order chi connectivity index (χ1) is 8.41. The van der Waals surface area contributed by atoms with Crippen molar-refractivity contribution in [3.63, 3.8) is 0 Å². The molecule has 0 aliphatic heterocycles. The SMILES string of the molecule is CCCCCCCCCCCC/C=C/C=C/[O]. The van der Waals surface area contributed by atoms with E-state index in [2.05, 4.69) is 13.0 Å². The van der Waals surface area contributed by atoms with Gasteiger partial charge in [-0.1, -0.05) is 76.9 Å². The molecule has 1 heteroatoms. The minimum absolute atomic E-state index is 0.828. The largest absolute Gasteiger partial charge is 0.299 e. The maximum Gasteiger partial charge on any atom is 0.142 e. The van der Waals surface area contributed by atoms with E-state index in [-0.39, 0.29) is 0 Å². The first-order valence-electron chi connectivity index (χ1n) is 7.35. The van der Waals surface area contributed by atoms with Crippen LogP contribution >= 0.6 is 0 Å². The fourth-order valence-electron chi connectivity index (χ4n) is 1.97. The number of hydrogen-bond donors (Lipinski definition) is 0. The highest BCUT2D eigenvalue weighted by Gasteiger charge is 1.91. The molecule has 0 bridgehead atoms. The molecule has 99 valence electrons. The van der Waals surface area contributed by atoms with Crippen molar-refractivity contribution in [2.75, 3.05) is 0 Å². The molecule has 0 aromatic carbocycles. The second-order valence-corrected chi connectivity index (χ2v) is 4.73. The topological polar surface area (TPSA) is 19.9 Å². The van der Waals surface area contributed by atoms with Gasteiger partial charge in [-0.15, -0.1) is 0 Å². The van der Waals surface area contributed by atoms with Crippen molar-refractivity contribution in [2.24, 2.45) is 0 Å². The molecule has 0 amide bonds. The molecule has 0 rings (SSSR count). The van der Waals surface area contributed by atoms with E-state index in [0.717, 1.165) is 12.7 Å². The molecular formula is C16H29O. The Balaban J connectivity index is 2.98. The highest BCUT2D eigenvalue weighted by molar-refractivity contribution is 4.98. The third kappa shape index (κ3) is 15.3. The van der Waals surface area contributed by atoms with E-state index in [4.69, 9.17) is 0 Å². The minimum Gasteiger partial charge on any atom is -0.299 e. The van der Waals surface area contributed by atoms with E-state index in [1.54, 1.807) is 6.08 Å². The van der Waals surface area contributed by atoms with Gasteiger partial charge in [0.2, 0.25) is 0 Å². The second-order valence-electron chi connectivity index (χ2n) is 4.73. The van der Waals surface area contributed by atoms with E-state index >= 15 is 0 Å². The van der Waals surface area contributed by atoms with Gasteiger partial charge in [-0.25, -0.2) is 0 Å². The van der Waals surface area contributed by atoms with Crippen molar-refractivity contribution in [3.05, 3.63) is 24.5 Å².